The number of urea groups is 1. The smallest absolute Gasteiger partial charge is 0.319 e. The highest BCUT2D eigenvalue weighted by Crippen LogP contribution is 2.16. The molecule has 5 heteroatoms. The molecule has 0 aliphatic heterocycles. The number of hydrogen-bond donors (Lipinski definition) is 2. The average molecular weight is 290 g/mol. The maximum atomic E-state index is 11.8. The van der Waals surface area contributed by atoms with Crippen molar-refractivity contribution in [1.29, 1.82) is 0 Å². The Bertz CT molecular complexity index is 564. The Morgan fingerprint density at radius 2 is 1.95 bits per heavy atom. The van der Waals surface area contributed by atoms with E-state index in [4.69, 9.17) is 4.74 Å². The molecule has 0 fully saturated rings. The molecule has 2 rings (SSSR count). The number of carbonyl (C=O) groups is 1. The van der Waals surface area contributed by atoms with Crippen LogP contribution >= 0.6 is 11.3 Å². The fourth-order valence-corrected chi connectivity index (χ4v) is 2.55. The van der Waals surface area contributed by atoms with Crippen LogP contribution in [-0.4, -0.2) is 12.6 Å². The predicted molar refractivity (Wildman–Crippen MR) is 82.5 cm³/mol. The summed E-state index contributed by atoms with van der Waals surface area (Å²) in [6.45, 7) is 5.16. The number of nitrogens with one attached hydrogen (secondary N) is 2. The Morgan fingerprint density at radius 1 is 1.20 bits per heavy atom. The molecule has 0 atom stereocenters. The van der Waals surface area contributed by atoms with Crippen LogP contribution in [0.3, 0.4) is 0 Å². The highest BCUT2D eigenvalue weighted by atomic mass is 32.1. The third kappa shape index (κ3) is 4.28. The minimum atomic E-state index is -0.208. The molecule has 0 spiro atoms. The topological polar surface area (TPSA) is 50.4 Å². The summed E-state index contributed by atoms with van der Waals surface area (Å²) < 4.78 is 5.35. The van der Waals surface area contributed by atoms with Gasteiger partial charge in [0.2, 0.25) is 0 Å². The average Bonchev–Trinajstić information content (AvgIpc) is 2.85. The monoisotopic (exact) mass is 290 g/mol. The maximum Gasteiger partial charge on any atom is 0.319 e. The predicted octanol–water partition coefficient (Wildman–Crippen LogP) is 3.78. The second-order valence-electron chi connectivity index (χ2n) is 4.28. The van der Waals surface area contributed by atoms with Crippen LogP contribution in [-0.2, 0) is 6.54 Å². The summed E-state index contributed by atoms with van der Waals surface area (Å²) in [4.78, 5) is 14.1. The second kappa shape index (κ2) is 6.96. The zero-order chi connectivity index (χ0) is 14.4. The van der Waals surface area contributed by atoms with Crippen LogP contribution in [0.2, 0.25) is 0 Å². The number of benzene rings is 1. The first-order chi connectivity index (χ1) is 9.67. The molecule has 0 bridgehead atoms. The number of hydrogen-bond acceptors (Lipinski definition) is 3. The van der Waals surface area contributed by atoms with Crippen molar-refractivity contribution < 1.29 is 9.53 Å². The first-order valence-electron chi connectivity index (χ1n) is 6.50. The SMILES string of the molecule is CCOc1ccc(NC(=O)NCc2ccc(C)s2)cc1. The van der Waals surface area contributed by atoms with Gasteiger partial charge in [0, 0.05) is 15.4 Å². The van der Waals surface area contributed by atoms with E-state index in [1.165, 1.54) is 4.88 Å². The molecule has 2 aromatic rings. The van der Waals surface area contributed by atoms with Gasteiger partial charge in [0.1, 0.15) is 5.75 Å². The highest BCUT2D eigenvalue weighted by Gasteiger charge is 2.03. The normalized spacial score (nSPS) is 10.1. The van der Waals surface area contributed by atoms with Gasteiger partial charge in [0.25, 0.3) is 0 Å². The molecule has 0 aliphatic rings. The van der Waals surface area contributed by atoms with Crippen LogP contribution in [0.4, 0.5) is 10.5 Å². The van der Waals surface area contributed by atoms with Crippen molar-refractivity contribution in [3.63, 3.8) is 0 Å². The van der Waals surface area contributed by atoms with E-state index in [9.17, 15) is 4.79 Å². The van der Waals surface area contributed by atoms with E-state index in [1.54, 1.807) is 11.3 Å². The van der Waals surface area contributed by atoms with Gasteiger partial charge in [-0.2, -0.15) is 0 Å². The van der Waals surface area contributed by atoms with Gasteiger partial charge in [0.05, 0.1) is 13.2 Å². The lowest BCUT2D eigenvalue weighted by Crippen LogP contribution is -2.27. The number of rotatable bonds is 5. The number of ether oxygens (including phenoxy) is 1. The molecule has 0 saturated carbocycles. The third-order valence-corrected chi connectivity index (χ3v) is 3.64. The molecule has 0 saturated heterocycles. The third-order valence-electron chi connectivity index (χ3n) is 2.64. The standard InChI is InChI=1S/C15H18N2O2S/c1-3-19-13-7-5-12(6-8-13)17-15(18)16-10-14-9-4-11(2)20-14/h4-9H,3,10H2,1-2H3,(H2,16,17,18). The fourth-order valence-electron chi connectivity index (χ4n) is 1.72. The molecule has 106 valence electrons. The number of aryl methyl sites for hydroxylation is 1. The Balaban J connectivity index is 1.81. The van der Waals surface area contributed by atoms with Crippen LogP contribution in [0, 0.1) is 6.92 Å². The van der Waals surface area contributed by atoms with Gasteiger partial charge in [-0.3, -0.25) is 0 Å². The Morgan fingerprint density at radius 3 is 2.55 bits per heavy atom. The van der Waals surface area contributed by atoms with Crippen LogP contribution < -0.4 is 15.4 Å². The fraction of sp³-hybridized carbons (Fsp3) is 0.267. The molecular weight excluding hydrogens is 272 g/mol. The van der Waals surface area contributed by atoms with E-state index >= 15 is 0 Å². The van der Waals surface area contributed by atoms with Gasteiger partial charge >= 0.3 is 6.03 Å². The second-order valence-corrected chi connectivity index (χ2v) is 5.65. The maximum absolute atomic E-state index is 11.8. The van der Waals surface area contributed by atoms with E-state index in [0.717, 1.165) is 16.3 Å². The van der Waals surface area contributed by atoms with Crippen molar-refractivity contribution in [3.8, 4) is 5.75 Å². The first kappa shape index (κ1) is 14.4. The molecule has 4 nitrogen and oxygen atoms in total. The minimum absolute atomic E-state index is 0.208. The lowest BCUT2D eigenvalue weighted by molar-refractivity contribution is 0.252. The van der Waals surface area contributed by atoms with Crippen molar-refractivity contribution in [2.75, 3.05) is 11.9 Å². The van der Waals surface area contributed by atoms with Gasteiger partial charge in [-0.15, -0.1) is 11.3 Å². The molecule has 2 amide bonds. The lowest BCUT2D eigenvalue weighted by atomic mass is 10.3. The lowest BCUT2D eigenvalue weighted by Gasteiger charge is -2.08. The molecule has 0 aliphatic carbocycles. The van der Waals surface area contributed by atoms with Crippen molar-refractivity contribution in [1.82, 2.24) is 5.32 Å². The zero-order valence-corrected chi connectivity index (χ0v) is 12.4. The van der Waals surface area contributed by atoms with Crippen molar-refractivity contribution in [3.05, 3.63) is 46.2 Å². The van der Waals surface area contributed by atoms with Crippen molar-refractivity contribution >= 4 is 23.1 Å². The van der Waals surface area contributed by atoms with Crippen molar-refractivity contribution in [2.24, 2.45) is 0 Å². The van der Waals surface area contributed by atoms with E-state index in [0.29, 0.717) is 13.2 Å². The number of carbonyl (C=O) groups excluding carboxylic acids is 1. The summed E-state index contributed by atoms with van der Waals surface area (Å²) in [7, 11) is 0. The molecule has 2 N–H and O–H groups in total. The number of amides is 2. The minimum Gasteiger partial charge on any atom is -0.494 e. The Hall–Kier alpha value is -2.01. The number of anilines is 1. The number of thiophene rings is 1. The van der Waals surface area contributed by atoms with E-state index < -0.39 is 0 Å². The van der Waals surface area contributed by atoms with Gasteiger partial charge < -0.3 is 15.4 Å². The molecule has 0 unspecified atom stereocenters. The summed E-state index contributed by atoms with van der Waals surface area (Å²) in [6.07, 6.45) is 0. The van der Waals surface area contributed by atoms with Crippen molar-refractivity contribution in [2.45, 2.75) is 20.4 Å². The quantitative estimate of drug-likeness (QED) is 0.880. The molecule has 1 aromatic carbocycles. The summed E-state index contributed by atoms with van der Waals surface area (Å²) in [6, 6.07) is 11.2. The van der Waals surface area contributed by atoms with Crippen LogP contribution in [0.25, 0.3) is 0 Å². The molecule has 1 heterocycles. The van der Waals surface area contributed by atoms with Gasteiger partial charge in [0.15, 0.2) is 0 Å². The van der Waals surface area contributed by atoms with Crippen LogP contribution in [0.1, 0.15) is 16.7 Å². The first-order valence-corrected chi connectivity index (χ1v) is 7.32. The van der Waals surface area contributed by atoms with Gasteiger partial charge in [-0.05, 0) is 50.2 Å². The Labute approximate surface area is 122 Å². The molecule has 0 radical (unpaired) electrons. The van der Waals surface area contributed by atoms with Crippen LogP contribution in [0.15, 0.2) is 36.4 Å². The largest absolute Gasteiger partial charge is 0.494 e. The highest BCUT2D eigenvalue weighted by molar-refractivity contribution is 7.11. The summed E-state index contributed by atoms with van der Waals surface area (Å²) in [5, 5.41) is 5.62. The van der Waals surface area contributed by atoms with E-state index in [-0.39, 0.29) is 6.03 Å². The zero-order valence-electron chi connectivity index (χ0n) is 11.6. The van der Waals surface area contributed by atoms with Gasteiger partial charge in [-0.1, -0.05) is 0 Å². The molecule has 20 heavy (non-hydrogen) atoms. The molecule has 1 aromatic heterocycles. The van der Waals surface area contributed by atoms with Gasteiger partial charge in [-0.25, -0.2) is 4.79 Å². The summed E-state index contributed by atoms with van der Waals surface area (Å²) in [5.74, 6) is 0.799. The van der Waals surface area contributed by atoms with Crippen LogP contribution in [0.5, 0.6) is 5.75 Å². The Kier molecular flexibility index (Phi) is 5.01. The summed E-state index contributed by atoms with van der Waals surface area (Å²) in [5.41, 5.74) is 0.744. The summed E-state index contributed by atoms with van der Waals surface area (Å²) >= 11 is 1.68. The molecular formula is C15H18N2O2S. The van der Waals surface area contributed by atoms with E-state index in [2.05, 4.69) is 10.6 Å². The van der Waals surface area contributed by atoms with E-state index in [1.807, 2.05) is 50.2 Å².